The molecule has 0 aliphatic carbocycles. The van der Waals surface area contributed by atoms with Crippen LogP contribution in [-0.2, 0) is 0 Å². The van der Waals surface area contributed by atoms with Crippen LogP contribution in [0.2, 0.25) is 0 Å². The van der Waals surface area contributed by atoms with Gasteiger partial charge >= 0.3 is 0 Å². The number of nitrogens with zero attached hydrogens (tertiary/aromatic N) is 2. The molecule has 1 N–H and O–H groups in total. The zero-order valence-corrected chi connectivity index (χ0v) is 14.8. The summed E-state index contributed by atoms with van der Waals surface area (Å²) in [6.45, 7) is 0.249. The van der Waals surface area contributed by atoms with Gasteiger partial charge in [-0.1, -0.05) is 24.3 Å². The molecule has 0 bridgehead atoms. The first kappa shape index (κ1) is 16.8. The largest absolute Gasteiger partial charge is 0.474 e. The first-order valence-electron chi connectivity index (χ1n) is 6.95. The number of hydrogen-bond donors (Lipinski definition) is 1. The van der Waals surface area contributed by atoms with E-state index in [1.54, 1.807) is 6.20 Å². The number of benzene rings is 1. The van der Waals surface area contributed by atoms with Crippen molar-refractivity contribution in [3.8, 4) is 5.88 Å². The minimum atomic E-state index is -0.0115. The minimum Gasteiger partial charge on any atom is -0.474 e. The van der Waals surface area contributed by atoms with Gasteiger partial charge in [-0.05, 0) is 51.9 Å². The summed E-state index contributed by atoms with van der Waals surface area (Å²) in [5.41, 5.74) is 3.33. The Labute approximate surface area is 144 Å². The zero-order valence-electron chi connectivity index (χ0n) is 12.7. The lowest BCUT2D eigenvalue weighted by atomic mass is 10.1. The van der Waals surface area contributed by atoms with Crippen LogP contribution in [0.25, 0.3) is 12.2 Å². The molecule has 0 spiro atoms. The van der Waals surface area contributed by atoms with Crippen molar-refractivity contribution in [2.75, 3.05) is 32.2 Å². The van der Waals surface area contributed by atoms with Crippen molar-refractivity contribution in [1.29, 1.82) is 0 Å². The molecule has 1 aromatic heterocycles. The molecule has 5 heteroatoms. The molecular weight excluding hydrogens is 391 g/mol. The van der Waals surface area contributed by atoms with Gasteiger partial charge < -0.3 is 14.7 Å². The number of aliphatic hydroxyl groups is 1. The van der Waals surface area contributed by atoms with Crippen LogP contribution < -0.4 is 9.64 Å². The van der Waals surface area contributed by atoms with Gasteiger partial charge in [0, 0.05) is 26.0 Å². The second-order valence-corrected chi connectivity index (χ2v) is 6.11. The third-order valence-electron chi connectivity index (χ3n) is 3.04. The van der Waals surface area contributed by atoms with Gasteiger partial charge in [-0.25, -0.2) is 4.98 Å². The Morgan fingerprint density at radius 1 is 1.18 bits per heavy atom. The van der Waals surface area contributed by atoms with Crippen LogP contribution >= 0.6 is 22.6 Å². The highest BCUT2D eigenvalue weighted by molar-refractivity contribution is 14.1. The maximum atomic E-state index is 8.77. The monoisotopic (exact) mass is 410 g/mol. The van der Waals surface area contributed by atoms with E-state index >= 15 is 0 Å². The van der Waals surface area contributed by atoms with Crippen molar-refractivity contribution < 1.29 is 9.84 Å². The molecule has 0 aliphatic rings. The fourth-order valence-corrected chi connectivity index (χ4v) is 2.51. The van der Waals surface area contributed by atoms with Gasteiger partial charge in [0.15, 0.2) is 0 Å². The number of anilines is 1. The first-order chi connectivity index (χ1) is 10.6. The average molecular weight is 410 g/mol. The number of pyridine rings is 1. The molecule has 0 amide bonds. The third-order valence-corrected chi connectivity index (χ3v) is 3.81. The second-order valence-electron chi connectivity index (χ2n) is 4.95. The summed E-state index contributed by atoms with van der Waals surface area (Å²) in [5, 5.41) is 8.77. The fraction of sp³-hybridized carbons (Fsp3) is 0.235. The number of aromatic nitrogens is 1. The predicted molar refractivity (Wildman–Crippen MR) is 99.2 cm³/mol. The zero-order chi connectivity index (χ0) is 15.9. The van der Waals surface area contributed by atoms with E-state index in [0.717, 1.165) is 14.7 Å². The lowest BCUT2D eigenvalue weighted by Crippen LogP contribution is -2.07. The van der Waals surface area contributed by atoms with E-state index in [-0.39, 0.29) is 13.2 Å². The highest BCUT2D eigenvalue weighted by Gasteiger charge is 2.02. The first-order valence-corrected chi connectivity index (χ1v) is 8.02. The van der Waals surface area contributed by atoms with Gasteiger partial charge in [0.25, 0.3) is 0 Å². The number of hydrogen-bond acceptors (Lipinski definition) is 4. The van der Waals surface area contributed by atoms with Crippen molar-refractivity contribution in [2.24, 2.45) is 0 Å². The van der Waals surface area contributed by atoms with Gasteiger partial charge in [-0.15, -0.1) is 0 Å². The molecule has 1 heterocycles. The Bertz CT molecular complexity index is 640. The number of aliphatic hydroxyl groups excluding tert-OH is 1. The Kier molecular flexibility index (Phi) is 6.21. The van der Waals surface area contributed by atoms with Crippen molar-refractivity contribution in [3.63, 3.8) is 0 Å². The Hall–Kier alpha value is -1.60. The normalized spacial score (nSPS) is 10.9. The van der Waals surface area contributed by atoms with Crippen LogP contribution in [0, 0.1) is 3.57 Å². The molecule has 2 aromatic rings. The molecule has 0 radical (unpaired) electrons. The van der Waals surface area contributed by atoms with Crippen LogP contribution in [-0.4, -0.2) is 37.4 Å². The summed E-state index contributed by atoms with van der Waals surface area (Å²) < 4.78 is 6.27. The molecule has 0 atom stereocenters. The maximum absolute atomic E-state index is 8.77. The van der Waals surface area contributed by atoms with Crippen molar-refractivity contribution in [1.82, 2.24) is 4.98 Å². The van der Waals surface area contributed by atoms with Crippen molar-refractivity contribution >= 4 is 40.4 Å². The molecule has 2 rings (SSSR count). The molecule has 0 unspecified atom stereocenters. The molecule has 4 nitrogen and oxygen atoms in total. The Balaban J connectivity index is 2.07. The summed E-state index contributed by atoms with van der Waals surface area (Å²) in [7, 11) is 4.05. The summed E-state index contributed by atoms with van der Waals surface area (Å²) in [4.78, 5) is 6.34. The molecule has 22 heavy (non-hydrogen) atoms. The van der Waals surface area contributed by atoms with Crippen LogP contribution in [0.1, 0.15) is 11.1 Å². The van der Waals surface area contributed by atoms with Gasteiger partial charge in [0.05, 0.1) is 10.2 Å². The molecule has 0 aliphatic heterocycles. The highest BCUT2D eigenvalue weighted by Crippen LogP contribution is 2.20. The molecule has 0 fully saturated rings. The van der Waals surface area contributed by atoms with Gasteiger partial charge in [-0.3, -0.25) is 0 Å². The summed E-state index contributed by atoms with van der Waals surface area (Å²) in [6, 6.07) is 10.4. The standard InChI is InChI=1S/C17H19IN2O2/c1-20(2)15-7-5-13(6-8-15)3-4-14-11-16(18)17(19-12-14)22-10-9-21/h3-8,11-12,21H,9-10H2,1-2H3. The Morgan fingerprint density at radius 3 is 2.45 bits per heavy atom. The molecule has 0 saturated heterocycles. The summed E-state index contributed by atoms with van der Waals surface area (Å²) in [6.07, 6.45) is 5.84. The summed E-state index contributed by atoms with van der Waals surface area (Å²) in [5.74, 6) is 0.558. The minimum absolute atomic E-state index is 0.0115. The number of rotatable bonds is 6. The van der Waals surface area contributed by atoms with E-state index in [1.165, 1.54) is 5.69 Å². The van der Waals surface area contributed by atoms with Crippen LogP contribution in [0.4, 0.5) is 5.69 Å². The second kappa shape index (κ2) is 8.14. The van der Waals surface area contributed by atoms with Crippen LogP contribution in [0.15, 0.2) is 36.5 Å². The number of halogens is 1. The molecule has 0 saturated carbocycles. The lowest BCUT2D eigenvalue weighted by Gasteiger charge is -2.11. The predicted octanol–water partition coefficient (Wildman–Crippen LogP) is 3.29. The maximum Gasteiger partial charge on any atom is 0.227 e. The molecular formula is C17H19IN2O2. The molecule has 116 valence electrons. The third kappa shape index (κ3) is 4.71. The Morgan fingerprint density at radius 2 is 1.86 bits per heavy atom. The average Bonchev–Trinajstić information content (AvgIpc) is 2.52. The lowest BCUT2D eigenvalue weighted by molar-refractivity contribution is 0.196. The van der Waals surface area contributed by atoms with E-state index in [9.17, 15) is 0 Å². The smallest absolute Gasteiger partial charge is 0.227 e. The van der Waals surface area contributed by atoms with Gasteiger partial charge in [0.1, 0.15) is 6.61 Å². The van der Waals surface area contributed by atoms with E-state index in [1.807, 2.05) is 26.2 Å². The SMILES string of the molecule is CN(C)c1ccc(C=Cc2cnc(OCCO)c(I)c2)cc1. The number of ether oxygens (including phenoxy) is 1. The van der Waals surface area contributed by atoms with E-state index in [0.29, 0.717) is 5.88 Å². The van der Waals surface area contributed by atoms with Gasteiger partial charge in [-0.2, -0.15) is 0 Å². The van der Waals surface area contributed by atoms with E-state index in [4.69, 9.17) is 9.84 Å². The van der Waals surface area contributed by atoms with Crippen molar-refractivity contribution in [3.05, 3.63) is 51.2 Å². The topological polar surface area (TPSA) is 45.6 Å². The highest BCUT2D eigenvalue weighted by atomic mass is 127. The van der Waals surface area contributed by atoms with Crippen LogP contribution in [0.3, 0.4) is 0 Å². The fourth-order valence-electron chi connectivity index (χ4n) is 1.86. The molecule has 1 aromatic carbocycles. The van der Waals surface area contributed by atoms with E-state index in [2.05, 4.69) is 62.8 Å². The quantitative estimate of drug-likeness (QED) is 0.743. The summed E-state index contributed by atoms with van der Waals surface area (Å²) >= 11 is 2.18. The van der Waals surface area contributed by atoms with Crippen molar-refractivity contribution in [2.45, 2.75) is 0 Å². The van der Waals surface area contributed by atoms with Gasteiger partial charge in [0.2, 0.25) is 5.88 Å². The van der Waals surface area contributed by atoms with Crippen LogP contribution in [0.5, 0.6) is 5.88 Å². The van der Waals surface area contributed by atoms with E-state index < -0.39 is 0 Å².